The highest BCUT2D eigenvalue weighted by molar-refractivity contribution is 7.48. The predicted octanol–water partition coefficient (Wildman–Crippen LogP) is -0.780. The summed E-state index contributed by atoms with van der Waals surface area (Å²) < 4.78 is 36.2. The molecule has 44 heavy (non-hydrogen) atoms. The number of carbonyl (C=O) groups excluding carboxylic acids is 1. The number of H-pyrrole nitrogens is 1. The summed E-state index contributed by atoms with van der Waals surface area (Å²) in [6.07, 6.45) is -3.77. The standard InChI is InChI=1S/C22H22N7O14P/c23-22-25-18-15(19(35)26-22)24-8-28(18)21-16(34)17-12(42-21)7-41-44(39,43-17)40-6-10-2-1-9(3-11(10)29(37)38)20(36)27(4-13(30)31)5-14(32)33/h1-3,8,12,16-17,21,34H,4-7H2,(H,30,31)(H,32,33)(H3,23,25,26,35)/t12-,16-,17-,21-,44?/m1/s1. The van der Waals surface area contributed by atoms with Crippen LogP contribution in [0.1, 0.15) is 22.1 Å². The third kappa shape index (κ3) is 6.00. The Labute approximate surface area is 243 Å². The molecule has 21 nitrogen and oxygen atoms in total. The van der Waals surface area contributed by atoms with Crippen LogP contribution in [0.15, 0.2) is 29.3 Å². The van der Waals surface area contributed by atoms with Gasteiger partial charge < -0.3 is 30.7 Å². The molecule has 5 rings (SSSR count). The van der Waals surface area contributed by atoms with Crippen molar-refractivity contribution < 1.29 is 57.5 Å². The number of aliphatic hydroxyl groups excluding tert-OH is 1. The molecule has 0 bridgehead atoms. The van der Waals surface area contributed by atoms with E-state index >= 15 is 0 Å². The molecule has 2 aliphatic rings. The zero-order valence-electron chi connectivity index (χ0n) is 22.0. The molecule has 2 aliphatic heterocycles. The van der Waals surface area contributed by atoms with Crippen LogP contribution in [0.5, 0.6) is 0 Å². The quantitative estimate of drug-likeness (QED) is 0.103. The summed E-state index contributed by atoms with van der Waals surface area (Å²) in [6, 6.07) is 2.92. The van der Waals surface area contributed by atoms with Gasteiger partial charge in [-0.2, -0.15) is 4.98 Å². The number of aliphatic carboxylic acids is 2. The fourth-order valence-electron chi connectivity index (χ4n) is 4.60. The van der Waals surface area contributed by atoms with Crippen molar-refractivity contribution in [3.63, 3.8) is 0 Å². The van der Waals surface area contributed by atoms with E-state index in [0.717, 1.165) is 18.2 Å². The number of fused-ring (bicyclic) bond motifs is 2. The average molecular weight is 639 g/mol. The topological polar surface area (TPSA) is 302 Å². The summed E-state index contributed by atoms with van der Waals surface area (Å²) in [5, 5.41) is 40.7. The zero-order valence-corrected chi connectivity index (χ0v) is 22.9. The maximum Gasteiger partial charge on any atom is 0.475 e. The van der Waals surface area contributed by atoms with Gasteiger partial charge >= 0.3 is 19.8 Å². The monoisotopic (exact) mass is 639 g/mol. The third-order valence-corrected chi connectivity index (χ3v) is 7.94. The van der Waals surface area contributed by atoms with Gasteiger partial charge in [0, 0.05) is 11.6 Å². The van der Waals surface area contributed by atoms with Crippen molar-refractivity contribution in [2.75, 3.05) is 25.4 Å². The first-order chi connectivity index (χ1) is 20.8. The van der Waals surface area contributed by atoms with E-state index in [9.17, 15) is 39.0 Å². The Morgan fingerprint density at radius 3 is 2.64 bits per heavy atom. The number of nitro groups is 1. The molecule has 2 aromatic heterocycles. The fraction of sp³-hybridized carbons (Fsp3) is 0.364. The normalized spacial score (nSPS) is 24.6. The number of nitro benzene ring substituents is 1. The minimum absolute atomic E-state index is 0.00224. The summed E-state index contributed by atoms with van der Waals surface area (Å²) in [5.74, 6) is -4.31. The van der Waals surface area contributed by atoms with E-state index in [0.29, 0.717) is 4.90 Å². The fourth-order valence-corrected chi connectivity index (χ4v) is 5.98. The van der Waals surface area contributed by atoms with E-state index in [1.54, 1.807) is 0 Å². The Bertz CT molecular complexity index is 1760. The molecule has 0 aliphatic carbocycles. The summed E-state index contributed by atoms with van der Waals surface area (Å²) in [4.78, 5) is 68.5. The second-order valence-corrected chi connectivity index (χ2v) is 11.1. The van der Waals surface area contributed by atoms with Gasteiger partial charge in [0.2, 0.25) is 5.95 Å². The molecule has 4 heterocycles. The molecule has 234 valence electrons. The number of carbonyl (C=O) groups is 3. The first-order valence-electron chi connectivity index (χ1n) is 12.4. The lowest BCUT2D eigenvalue weighted by Crippen LogP contribution is -2.39. The first kappa shape index (κ1) is 30.7. The highest BCUT2D eigenvalue weighted by Gasteiger charge is 2.53. The minimum Gasteiger partial charge on any atom is -0.480 e. The van der Waals surface area contributed by atoms with Crippen molar-refractivity contribution in [1.29, 1.82) is 0 Å². The van der Waals surface area contributed by atoms with Gasteiger partial charge in [0.25, 0.3) is 17.2 Å². The van der Waals surface area contributed by atoms with Crippen molar-refractivity contribution in [3.8, 4) is 0 Å². The first-order valence-corrected chi connectivity index (χ1v) is 13.9. The number of aromatic nitrogens is 4. The van der Waals surface area contributed by atoms with Crippen LogP contribution in [0.2, 0.25) is 0 Å². The van der Waals surface area contributed by atoms with Crippen LogP contribution in [-0.4, -0.2) is 101 Å². The molecule has 1 amide bonds. The Morgan fingerprint density at radius 1 is 1.27 bits per heavy atom. The lowest BCUT2D eigenvalue weighted by Gasteiger charge is -2.30. The molecule has 1 aromatic carbocycles. The van der Waals surface area contributed by atoms with Crippen molar-refractivity contribution in [3.05, 3.63) is 56.1 Å². The lowest BCUT2D eigenvalue weighted by atomic mass is 10.1. The number of benzene rings is 1. The molecule has 0 saturated carbocycles. The minimum atomic E-state index is -4.47. The Hall–Kier alpha value is -4.79. The second-order valence-electron chi connectivity index (χ2n) is 9.47. The molecule has 6 N–H and O–H groups in total. The number of phosphoric acid groups is 1. The molecule has 2 fully saturated rings. The van der Waals surface area contributed by atoms with Gasteiger partial charge in [-0.05, 0) is 12.1 Å². The van der Waals surface area contributed by atoms with Gasteiger partial charge in [-0.15, -0.1) is 0 Å². The van der Waals surface area contributed by atoms with Crippen LogP contribution in [-0.2, 0) is 39.1 Å². The Morgan fingerprint density at radius 2 is 1.98 bits per heavy atom. The highest BCUT2D eigenvalue weighted by Crippen LogP contribution is 2.57. The number of imidazole rings is 1. The largest absolute Gasteiger partial charge is 0.480 e. The number of phosphoric ester groups is 1. The van der Waals surface area contributed by atoms with Crippen LogP contribution in [0.4, 0.5) is 11.6 Å². The van der Waals surface area contributed by atoms with Crippen molar-refractivity contribution in [1.82, 2.24) is 24.4 Å². The number of hydrogen-bond acceptors (Lipinski definition) is 15. The number of nitrogen functional groups attached to an aromatic ring is 1. The van der Waals surface area contributed by atoms with E-state index < -0.39 is 92.7 Å². The SMILES string of the molecule is Nc1nc2c(ncn2[C@@H]2O[C@@H]3COP(=O)(OCc4ccc(C(=O)N(CC(=O)O)CC(=O)O)cc4[N+](=O)[O-])O[C@H]3[C@H]2O)c(=O)[nH]1. The van der Waals surface area contributed by atoms with Gasteiger partial charge in [0.05, 0.1) is 30.0 Å². The van der Waals surface area contributed by atoms with Crippen LogP contribution < -0.4 is 11.3 Å². The lowest BCUT2D eigenvalue weighted by molar-refractivity contribution is -0.385. The number of nitrogens with two attached hydrogens (primary N) is 1. The van der Waals surface area contributed by atoms with Crippen LogP contribution >= 0.6 is 7.82 Å². The average Bonchev–Trinajstić information content (AvgIpc) is 3.51. The Balaban J connectivity index is 1.31. The van der Waals surface area contributed by atoms with Crippen LogP contribution in [0.3, 0.4) is 0 Å². The van der Waals surface area contributed by atoms with Gasteiger partial charge in [0.1, 0.15) is 31.4 Å². The van der Waals surface area contributed by atoms with Gasteiger partial charge in [0.15, 0.2) is 17.4 Å². The molecule has 5 atom stereocenters. The number of anilines is 1. The maximum atomic E-state index is 13.3. The van der Waals surface area contributed by atoms with E-state index in [1.165, 1.54) is 10.9 Å². The van der Waals surface area contributed by atoms with Gasteiger partial charge in [-0.25, -0.2) is 9.55 Å². The molecule has 3 aromatic rings. The number of aliphatic hydroxyl groups is 1. The van der Waals surface area contributed by atoms with Crippen LogP contribution in [0.25, 0.3) is 11.2 Å². The molecule has 0 spiro atoms. The number of aromatic amines is 1. The van der Waals surface area contributed by atoms with Crippen molar-refractivity contribution >= 4 is 48.5 Å². The summed E-state index contributed by atoms with van der Waals surface area (Å²) in [6.45, 7) is -3.07. The Kier molecular flexibility index (Phi) is 8.16. The molecule has 2 saturated heterocycles. The second kappa shape index (κ2) is 11.7. The summed E-state index contributed by atoms with van der Waals surface area (Å²) >= 11 is 0. The summed E-state index contributed by atoms with van der Waals surface area (Å²) in [7, 11) is -4.47. The number of nitrogens with one attached hydrogen (secondary N) is 1. The predicted molar refractivity (Wildman–Crippen MR) is 140 cm³/mol. The number of carboxylic acids is 2. The van der Waals surface area contributed by atoms with Crippen LogP contribution in [0, 0.1) is 10.1 Å². The van der Waals surface area contributed by atoms with Gasteiger partial charge in [-0.1, -0.05) is 0 Å². The molecule has 1 unspecified atom stereocenters. The third-order valence-electron chi connectivity index (χ3n) is 6.53. The van der Waals surface area contributed by atoms with E-state index in [-0.39, 0.29) is 28.2 Å². The van der Waals surface area contributed by atoms with Crippen molar-refractivity contribution in [2.24, 2.45) is 0 Å². The highest BCUT2D eigenvalue weighted by atomic mass is 31.2. The van der Waals surface area contributed by atoms with Crippen molar-refractivity contribution in [2.45, 2.75) is 31.1 Å². The summed E-state index contributed by atoms with van der Waals surface area (Å²) in [5.41, 5.74) is 3.62. The molecule has 22 heteroatoms. The number of amides is 1. The van der Waals surface area contributed by atoms with E-state index in [4.69, 9.17) is 34.3 Å². The maximum absolute atomic E-state index is 13.3. The molecular weight excluding hydrogens is 617 g/mol. The number of rotatable bonds is 10. The molecular formula is C22H22N7O14P. The number of ether oxygens (including phenoxy) is 1. The van der Waals surface area contributed by atoms with E-state index in [2.05, 4.69) is 15.0 Å². The number of carboxylic acid groups (broad SMARTS) is 2. The smallest absolute Gasteiger partial charge is 0.475 e. The van der Waals surface area contributed by atoms with Gasteiger partial charge in [-0.3, -0.25) is 52.4 Å². The van der Waals surface area contributed by atoms with E-state index in [1.807, 2.05) is 0 Å². The number of hydrogen-bond donors (Lipinski definition) is 5. The zero-order chi connectivity index (χ0) is 31.9. The molecule has 0 radical (unpaired) electrons. The number of nitrogens with zero attached hydrogens (tertiary/aromatic N) is 5.